The van der Waals surface area contributed by atoms with E-state index in [1.165, 1.54) is 22.5 Å². The van der Waals surface area contributed by atoms with Crippen molar-refractivity contribution in [2.24, 2.45) is 0 Å². The summed E-state index contributed by atoms with van der Waals surface area (Å²) in [6.45, 7) is 4.86. The van der Waals surface area contributed by atoms with E-state index in [1.54, 1.807) is 44.4 Å². The summed E-state index contributed by atoms with van der Waals surface area (Å²) in [4.78, 5) is 12.9. The highest BCUT2D eigenvalue weighted by Crippen LogP contribution is 2.24. The van der Waals surface area contributed by atoms with Gasteiger partial charge in [-0.05, 0) is 48.0 Å². The molecule has 0 saturated heterocycles. The number of sulfonamides is 1. The third kappa shape index (κ3) is 5.77. The maximum absolute atomic E-state index is 12.9. The van der Waals surface area contributed by atoms with E-state index in [2.05, 4.69) is 5.32 Å². The first-order valence-corrected chi connectivity index (χ1v) is 12.0. The van der Waals surface area contributed by atoms with Crippen LogP contribution in [0.25, 0.3) is 0 Å². The molecule has 1 amide bonds. The number of rotatable bonds is 10. The van der Waals surface area contributed by atoms with Gasteiger partial charge >= 0.3 is 0 Å². The van der Waals surface area contributed by atoms with Crippen LogP contribution >= 0.6 is 11.6 Å². The fraction of sp³-hybridized carbons (Fsp3) is 0.261. The van der Waals surface area contributed by atoms with Gasteiger partial charge in [0.1, 0.15) is 12.4 Å². The second-order valence-electron chi connectivity index (χ2n) is 6.96. The van der Waals surface area contributed by atoms with Gasteiger partial charge in [0.2, 0.25) is 10.0 Å². The van der Waals surface area contributed by atoms with Crippen molar-refractivity contribution in [2.45, 2.75) is 32.0 Å². The number of anilines is 1. The van der Waals surface area contributed by atoms with Crippen molar-refractivity contribution in [2.75, 3.05) is 18.4 Å². The average molecular weight is 477 g/mol. The largest absolute Gasteiger partial charge is 0.467 e. The minimum absolute atomic E-state index is 0.0239. The van der Waals surface area contributed by atoms with Crippen LogP contribution in [0.5, 0.6) is 0 Å². The van der Waals surface area contributed by atoms with Crippen molar-refractivity contribution < 1.29 is 22.4 Å². The van der Waals surface area contributed by atoms with Crippen LogP contribution in [0.3, 0.4) is 0 Å². The van der Waals surface area contributed by atoms with Gasteiger partial charge in [-0.2, -0.15) is 4.31 Å². The topological polar surface area (TPSA) is 88.9 Å². The van der Waals surface area contributed by atoms with E-state index >= 15 is 0 Å². The Morgan fingerprint density at radius 2 is 1.84 bits per heavy atom. The minimum atomic E-state index is -3.71. The highest BCUT2D eigenvalue weighted by Gasteiger charge is 2.24. The van der Waals surface area contributed by atoms with Crippen LogP contribution < -0.4 is 5.32 Å². The fourth-order valence-corrected chi connectivity index (χ4v) is 4.84. The third-order valence-electron chi connectivity index (χ3n) is 4.80. The summed E-state index contributed by atoms with van der Waals surface area (Å²) in [6.07, 6.45) is 1.59. The van der Waals surface area contributed by atoms with Gasteiger partial charge in [-0.3, -0.25) is 4.79 Å². The Kier molecular flexibility index (Phi) is 8.09. The predicted octanol–water partition coefficient (Wildman–Crippen LogP) is 4.93. The summed E-state index contributed by atoms with van der Waals surface area (Å²) in [6, 6.07) is 14.9. The van der Waals surface area contributed by atoms with E-state index in [0.29, 0.717) is 32.0 Å². The third-order valence-corrected chi connectivity index (χ3v) is 7.18. The Balaban J connectivity index is 1.73. The fourth-order valence-electron chi connectivity index (χ4n) is 3.15. The Labute approximate surface area is 193 Å². The van der Waals surface area contributed by atoms with E-state index in [4.69, 9.17) is 20.8 Å². The zero-order chi connectivity index (χ0) is 23.1. The number of hydrogen-bond acceptors (Lipinski definition) is 5. The van der Waals surface area contributed by atoms with Gasteiger partial charge < -0.3 is 14.5 Å². The number of amides is 1. The molecular weight excluding hydrogens is 452 g/mol. The average Bonchev–Trinajstić information content (AvgIpc) is 3.28. The summed E-state index contributed by atoms with van der Waals surface area (Å²) in [5, 5.41) is 2.94. The van der Waals surface area contributed by atoms with Crippen LogP contribution in [0.4, 0.5) is 5.69 Å². The highest BCUT2D eigenvalue weighted by molar-refractivity contribution is 7.89. The quantitative estimate of drug-likeness (QED) is 0.448. The molecule has 32 heavy (non-hydrogen) atoms. The lowest BCUT2D eigenvalue weighted by Gasteiger charge is -2.19. The molecule has 1 aromatic heterocycles. The number of benzene rings is 2. The molecule has 0 spiro atoms. The molecule has 3 aromatic rings. The van der Waals surface area contributed by atoms with Crippen molar-refractivity contribution in [3.05, 3.63) is 82.8 Å². The molecule has 2 aromatic carbocycles. The normalized spacial score (nSPS) is 11.6. The van der Waals surface area contributed by atoms with E-state index in [9.17, 15) is 13.2 Å². The van der Waals surface area contributed by atoms with Crippen LogP contribution in [0.2, 0.25) is 5.02 Å². The zero-order valence-corrected chi connectivity index (χ0v) is 19.4. The van der Waals surface area contributed by atoms with Gasteiger partial charge in [0.05, 0.1) is 28.4 Å². The molecular formula is C23H25ClN2O5S. The smallest absolute Gasteiger partial charge is 0.257 e. The lowest BCUT2D eigenvalue weighted by Crippen LogP contribution is -2.30. The number of hydrogen-bond donors (Lipinski definition) is 1. The van der Waals surface area contributed by atoms with Crippen molar-refractivity contribution >= 4 is 33.2 Å². The molecule has 0 aliphatic rings. The van der Waals surface area contributed by atoms with Gasteiger partial charge in [-0.1, -0.05) is 37.6 Å². The number of ether oxygens (including phenoxy) is 1. The molecule has 0 atom stereocenters. The Hall–Kier alpha value is -2.65. The number of carbonyl (C=O) groups excluding carboxylic acids is 1. The van der Waals surface area contributed by atoms with Crippen LogP contribution in [0.15, 0.2) is 70.2 Å². The number of halogens is 1. The molecule has 3 rings (SSSR count). The lowest BCUT2D eigenvalue weighted by molar-refractivity contribution is 0.0929. The summed E-state index contributed by atoms with van der Waals surface area (Å²) in [5.41, 5.74) is 1.49. The van der Waals surface area contributed by atoms with E-state index in [0.717, 1.165) is 11.3 Å². The first kappa shape index (κ1) is 24.0. The van der Waals surface area contributed by atoms with Gasteiger partial charge in [0, 0.05) is 18.8 Å². The number of carbonyl (C=O) groups is 1. The molecule has 0 bridgehead atoms. The molecule has 0 aliphatic carbocycles. The van der Waals surface area contributed by atoms with Gasteiger partial charge in [0.15, 0.2) is 0 Å². The number of nitrogens with one attached hydrogen (secondary N) is 1. The van der Waals surface area contributed by atoms with Crippen molar-refractivity contribution in [3.63, 3.8) is 0 Å². The molecule has 170 valence electrons. The molecule has 0 fully saturated rings. The lowest BCUT2D eigenvalue weighted by atomic mass is 10.2. The van der Waals surface area contributed by atoms with E-state index < -0.39 is 15.9 Å². The van der Waals surface area contributed by atoms with Crippen molar-refractivity contribution in [1.29, 1.82) is 0 Å². The highest BCUT2D eigenvalue weighted by atomic mass is 35.5. The van der Waals surface area contributed by atoms with E-state index in [1.807, 2.05) is 12.1 Å². The Bertz CT molecular complexity index is 1160. The molecule has 0 saturated carbocycles. The van der Waals surface area contributed by atoms with Gasteiger partial charge in [0.25, 0.3) is 5.91 Å². The monoisotopic (exact) mass is 476 g/mol. The van der Waals surface area contributed by atoms with Crippen LogP contribution in [-0.4, -0.2) is 31.7 Å². The molecule has 9 heteroatoms. The molecule has 1 N–H and O–H groups in total. The maximum Gasteiger partial charge on any atom is 0.257 e. The number of nitrogens with zero attached hydrogens (tertiary/aromatic N) is 1. The minimum Gasteiger partial charge on any atom is -0.467 e. The van der Waals surface area contributed by atoms with Crippen molar-refractivity contribution in [1.82, 2.24) is 4.31 Å². The first-order chi connectivity index (χ1) is 15.3. The van der Waals surface area contributed by atoms with E-state index in [-0.39, 0.29) is 15.5 Å². The first-order valence-electron chi connectivity index (χ1n) is 10.1. The van der Waals surface area contributed by atoms with Crippen LogP contribution in [-0.2, 0) is 28.0 Å². The molecule has 1 heterocycles. The van der Waals surface area contributed by atoms with Crippen LogP contribution in [0, 0.1) is 0 Å². The van der Waals surface area contributed by atoms with Crippen molar-refractivity contribution in [3.8, 4) is 0 Å². The van der Waals surface area contributed by atoms with Gasteiger partial charge in [-0.15, -0.1) is 0 Å². The summed E-state index contributed by atoms with van der Waals surface area (Å²) in [7, 11) is -3.71. The maximum atomic E-state index is 12.9. The summed E-state index contributed by atoms with van der Waals surface area (Å²) < 4.78 is 37.8. The zero-order valence-electron chi connectivity index (χ0n) is 17.9. The Morgan fingerprint density at radius 1 is 1.06 bits per heavy atom. The second kappa shape index (κ2) is 10.8. The Morgan fingerprint density at radius 3 is 2.53 bits per heavy atom. The SMILES string of the molecule is CCN(CC)S(=O)(=O)c1ccc(Cl)c(C(=O)Nc2cccc(COCc3ccco3)c2)c1. The standard InChI is InChI=1S/C23H25ClN2O5S/c1-3-26(4-2)32(28,29)20-10-11-22(24)21(14-20)23(27)25-18-8-5-7-17(13-18)15-30-16-19-9-6-12-31-19/h5-14H,3-4,15-16H2,1-2H3,(H,25,27). The molecule has 7 nitrogen and oxygen atoms in total. The van der Waals surface area contributed by atoms with Crippen LogP contribution in [0.1, 0.15) is 35.5 Å². The summed E-state index contributed by atoms with van der Waals surface area (Å²) >= 11 is 6.21. The molecule has 0 unspecified atom stereocenters. The summed E-state index contributed by atoms with van der Waals surface area (Å²) in [5.74, 6) is 0.226. The second-order valence-corrected chi connectivity index (χ2v) is 9.30. The molecule has 0 radical (unpaired) electrons. The predicted molar refractivity (Wildman–Crippen MR) is 123 cm³/mol. The molecule has 0 aliphatic heterocycles. The number of furan rings is 1. The van der Waals surface area contributed by atoms with Gasteiger partial charge in [-0.25, -0.2) is 8.42 Å².